The summed E-state index contributed by atoms with van der Waals surface area (Å²) in [7, 11) is 0. The molecule has 0 radical (unpaired) electrons. The molecule has 0 spiro atoms. The van der Waals surface area contributed by atoms with Gasteiger partial charge in [0.25, 0.3) is 0 Å². The third kappa shape index (κ3) is 4.39. The molecule has 0 bridgehead atoms. The Morgan fingerprint density at radius 2 is 1.97 bits per heavy atom. The number of piperidine rings is 1. The van der Waals surface area contributed by atoms with Gasteiger partial charge in [0.05, 0.1) is 11.6 Å². The number of likely N-dealkylation sites (tertiary alicyclic amines) is 1. The number of aromatic amines is 1. The van der Waals surface area contributed by atoms with E-state index in [4.69, 9.17) is 4.42 Å². The van der Waals surface area contributed by atoms with E-state index in [9.17, 15) is 19.2 Å². The summed E-state index contributed by atoms with van der Waals surface area (Å²) in [5, 5.41) is 5.72. The molecule has 176 valence electrons. The van der Waals surface area contributed by atoms with Gasteiger partial charge in [0, 0.05) is 31.4 Å². The van der Waals surface area contributed by atoms with Crippen LogP contribution in [0.3, 0.4) is 0 Å². The molecule has 10 nitrogen and oxygen atoms in total. The third-order valence-corrected chi connectivity index (χ3v) is 6.47. The van der Waals surface area contributed by atoms with Crippen LogP contribution in [-0.2, 0) is 17.8 Å². The predicted molar refractivity (Wildman–Crippen MR) is 125 cm³/mol. The van der Waals surface area contributed by atoms with E-state index in [1.54, 1.807) is 23.1 Å². The highest BCUT2D eigenvalue weighted by molar-refractivity contribution is 5.92. The number of aromatic nitrogens is 1. The maximum Gasteiger partial charge on any atom is 0.417 e. The Hall–Kier alpha value is -4.08. The van der Waals surface area contributed by atoms with Crippen LogP contribution in [0.15, 0.2) is 51.7 Å². The second kappa shape index (κ2) is 9.05. The fourth-order valence-corrected chi connectivity index (χ4v) is 4.65. The van der Waals surface area contributed by atoms with Crippen molar-refractivity contribution in [2.75, 3.05) is 18.4 Å². The number of anilines is 1. The van der Waals surface area contributed by atoms with Gasteiger partial charge in [0.2, 0.25) is 0 Å². The number of carbonyl (C=O) groups is 3. The fourth-order valence-electron chi connectivity index (χ4n) is 4.65. The number of aldehydes is 1. The summed E-state index contributed by atoms with van der Waals surface area (Å²) in [4.78, 5) is 54.4. The zero-order valence-electron chi connectivity index (χ0n) is 18.5. The topological polar surface area (TPSA) is 128 Å². The Bertz CT molecular complexity index is 1290. The molecular weight excluding hydrogens is 438 g/mol. The number of carbonyl (C=O) groups excluding carboxylic acids is 3. The van der Waals surface area contributed by atoms with E-state index < -0.39 is 11.8 Å². The van der Waals surface area contributed by atoms with Gasteiger partial charge >= 0.3 is 17.8 Å². The first-order valence-electron chi connectivity index (χ1n) is 11.3. The van der Waals surface area contributed by atoms with Crippen LogP contribution >= 0.6 is 0 Å². The average Bonchev–Trinajstić information content (AvgIpc) is 3.22. The molecule has 1 saturated heterocycles. The van der Waals surface area contributed by atoms with E-state index in [1.807, 2.05) is 29.2 Å². The van der Waals surface area contributed by atoms with Crippen LogP contribution in [-0.4, -0.2) is 58.3 Å². The lowest BCUT2D eigenvalue weighted by molar-refractivity contribution is -0.109. The number of oxazole rings is 1. The zero-order valence-corrected chi connectivity index (χ0v) is 18.5. The van der Waals surface area contributed by atoms with E-state index in [1.165, 1.54) is 0 Å². The highest BCUT2D eigenvalue weighted by Crippen LogP contribution is 2.27. The van der Waals surface area contributed by atoms with Crippen molar-refractivity contribution < 1.29 is 18.8 Å². The predicted octanol–water partition coefficient (Wildman–Crippen LogP) is 2.45. The first kappa shape index (κ1) is 21.7. The minimum absolute atomic E-state index is 0.0435. The first-order valence-corrected chi connectivity index (χ1v) is 11.3. The monoisotopic (exact) mass is 463 g/mol. The quantitative estimate of drug-likeness (QED) is 0.501. The van der Waals surface area contributed by atoms with Crippen LogP contribution in [0.2, 0.25) is 0 Å². The Balaban J connectivity index is 1.16. The number of hydrogen-bond acceptors (Lipinski definition) is 5. The lowest BCUT2D eigenvalue weighted by atomic mass is 10.0. The van der Waals surface area contributed by atoms with Gasteiger partial charge in [-0.1, -0.05) is 24.3 Å². The number of H-pyrrole nitrogens is 1. The number of nitrogens with one attached hydrogen (secondary N) is 3. The number of fused-ring (bicyclic) bond motifs is 2. The largest absolute Gasteiger partial charge is 0.417 e. The molecule has 3 N–H and O–H groups in total. The molecule has 2 aromatic carbocycles. The fraction of sp³-hybridized carbons (Fsp3) is 0.333. The van der Waals surface area contributed by atoms with E-state index in [-0.39, 0.29) is 24.5 Å². The molecule has 0 saturated carbocycles. The number of benzene rings is 2. The van der Waals surface area contributed by atoms with Crippen LogP contribution < -0.4 is 16.4 Å². The molecule has 3 heterocycles. The Morgan fingerprint density at radius 1 is 1.18 bits per heavy atom. The number of urea groups is 2. The average molecular weight is 463 g/mol. The Kier molecular flexibility index (Phi) is 5.79. The second-order valence-electron chi connectivity index (χ2n) is 8.67. The molecule has 0 aliphatic carbocycles. The number of rotatable bonds is 5. The molecule has 3 aromatic rings. The molecule has 2 aliphatic heterocycles. The molecule has 2 aliphatic rings. The van der Waals surface area contributed by atoms with Gasteiger partial charge < -0.3 is 29.6 Å². The van der Waals surface area contributed by atoms with Gasteiger partial charge in [-0.2, -0.15) is 0 Å². The normalized spacial score (nSPS) is 17.2. The first-order chi connectivity index (χ1) is 16.5. The lowest BCUT2D eigenvalue weighted by Crippen LogP contribution is -2.54. The molecule has 1 fully saturated rings. The maximum absolute atomic E-state index is 12.8. The number of nitrogens with zero attached hydrogens (tertiary/aromatic N) is 2. The van der Waals surface area contributed by atoms with Crippen molar-refractivity contribution in [3.63, 3.8) is 0 Å². The van der Waals surface area contributed by atoms with Crippen molar-refractivity contribution in [3.8, 4) is 0 Å². The maximum atomic E-state index is 12.8. The molecule has 1 unspecified atom stereocenters. The van der Waals surface area contributed by atoms with Crippen molar-refractivity contribution in [2.24, 2.45) is 0 Å². The molecular formula is C24H25N5O5. The third-order valence-electron chi connectivity index (χ3n) is 6.47. The summed E-state index contributed by atoms with van der Waals surface area (Å²) in [5.41, 5.74) is 3.67. The van der Waals surface area contributed by atoms with Crippen molar-refractivity contribution >= 4 is 35.1 Å². The van der Waals surface area contributed by atoms with Crippen molar-refractivity contribution in [1.82, 2.24) is 20.1 Å². The van der Waals surface area contributed by atoms with Crippen molar-refractivity contribution in [3.05, 3.63) is 64.1 Å². The lowest BCUT2D eigenvalue weighted by Gasteiger charge is -2.40. The summed E-state index contributed by atoms with van der Waals surface area (Å²) < 4.78 is 5.06. The highest BCUT2D eigenvalue weighted by Gasteiger charge is 2.32. The van der Waals surface area contributed by atoms with Crippen LogP contribution in [0.4, 0.5) is 15.3 Å². The standard InChI is InChI=1S/C24H25N5O5/c30-14-17(11-15-5-6-20-21(12-15)34-24(33)27-20)25-22(31)28-9-7-18(8-10-28)29-13-16-3-1-2-4-19(16)26-23(29)32/h1-6,12,14,17-18H,7-11,13H2,(H,25,31)(H,26,32)(H,27,33). The van der Waals surface area contributed by atoms with Gasteiger partial charge in [-0.05, 0) is 48.6 Å². The SMILES string of the molecule is O=CC(Cc1ccc2[nH]c(=O)oc2c1)NC(=O)N1CCC(N2Cc3ccccc3NC2=O)CC1. The smallest absolute Gasteiger partial charge is 0.408 e. The Morgan fingerprint density at radius 3 is 2.76 bits per heavy atom. The van der Waals surface area contributed by atoms with Crippen molar-refractivity contribution in [1.29, 1.82) is 0 Å². The molecule has 4 amide bonds. The summed E-state index contributed by atoms with van der Waals surface area (Å²) in [6.45, 7) is 1.54. The van der Waals surface area contributed by atoms with Gasteiger partial charge in [0.1, 0.15) is 6.29 Å². The van der Waals surface area contributed by atoms with Crippen LogP contribution in [0.25, 0.3) is 11.1 Å². The highest BCUT2D eigenvalue weighted by atomic mass is 16.4. The molecule has 5 rings (SSSR count). The van der Waals surface area contributed by atoms with Gasteiger partial charge in [0.15, 0.2) is 5.58 Å². The zero-order chi connectivity index (χ0) is 23.7. The molecule has 1 aromatic heterocycles. The summed E-state index contributed by atoms with van der Waals surface area (Å²) >= 11 is 0. The van der Waals surface area contributed by atoms with Crippen molar-refractivity contribution in [2.45, 2.75) is 37.9 Å². The number of hydrogen-bond donors (Lipinski definition) is 3. The number of amides is 4. The summed E-state index contributed by atoms with van der Waals surface area (Å²) in [6, 6.07) is 11.8. The van der Waals surface area contributed by atoms with E-state index >= 15 is 0 Å². The van der Waals surface area contributed by atoms with Crippen LogP contribution in [0.1, 0.15) is 24.0 Å². The van der Waals surface area contributed by atoms with Crippen LogP contribution in [0, 0.1) is 0 Å². The van der Waals surface area contributed by atoms with Gasteiger partial charge in [-0.3, -0.25) is 4.98 Å². The van der Waals surface area contributed by atoms with Gasteiger partial charge in [-0.15, -0.1) is 0 Å². The summed E-state index contributed by atoms with van der Waals surface area (Å²) in [6.07, 6.45) is 2.32. The minimum Gasteiger partial charge on any atom is -0.408 e. The van der Waals surface area contributed by atoms with E-state index in [0.717, 1.165) is 16.8 Å². The minimum atomic E-state index is -0.710. The van der Waals surface area contributed by atoms with Gasteiger partial charge in [-0.25, -0.2) is 14.4 Å². The summed E-state index contributed by atoms with van der Waals surface area (Å²) in [5.74, 6) is -0.540. The number of para-hydroxylation sites is 1. The molecule has 34 heavy (non-hydrogen) atoms. The molecule has 1 atom stereocenters. The van der Waals surface area contributed by atoms with E-state index in [2.05, 4.69) is 15.6 Å². The second-order valence-corrected chi connectivity index (χ2v) is 8.67. The Labute approximate surface area is 194 Å². The van der Waals surface area contributed by atoms with Crippen LogP contribution in [0.5, 0.6) is 0 Å². The molecule has 10 heteroatoms. The van der Waals surface area contributed by atoms with E-state index in [0.29, 0.717) is 49.9 Å².